The molecule has 1 aromatic rings. The molecule has 10 heavy (non-hydrogen) atoms. The maximum Gasteiger partial charge on any atom is 0.177 e. The minimum Gasteiger partial charge on any atom is -1.00 e. The van der Waals surface area contributed by atoms with Crippen LogP contribution in [0, 0.1) is 6.92 Å². The molecule has 0 spiro atoms. The molecule has 54 valence electrons. The summed E-state index contributed by atoms with van der Waals surface area (Å²) < 4.78 is 1.93. The summed E-state index contributed by atoms with van der Waals surface area (Å²) in [5.41, 5.74) is 1.25. The van der Waals surface area contributed by atoms with Gasteiger partial charge in [0.05, 0.1) is 0 Å². The molecule has 0 aliphatic heterocycles. The Bertz CT molecular complexity index is 220. The molecular weight excluding hydrogens is 237 g/mol. The average molecular weight is 247 g/mol. The summed E-state index contributed by atoms with van der Waals surface area (Å²) in [5.74, 6) is 0. The van der Waals surface area contributed by atoms with Gasteiger partial charge in [0.1, 0.15) is 0 Å². The molecular formula is C8H10IN. The van der Waals surface area contributed by atoms with Crippen molar-refractivity contribution in [2.24, 2.45) is 0 Å². The van der Waals surface area contributed by atoms with Gasteiger partial charge >= 0.3 is 0 Å². The number of pyridine rings is 1. The minimum absolute atomic E-state index is 0. The second kappa shape index (κ2) is 4.44. The molecule has 0 fully saturated rings. The first kappa shape index (κ1) is 9.62. The van der Waals surface area contributed by atoms with Gasteiger partial charge in [-0.15, -0.1) is 0 Å². The van der Waals surface area contributed by atoms with E-state index in [0.717, 1.165) is 0 Å². The molecule has 0 saturated heterocycles. The first-order valence-corrected chi connectivity index (χ1v) is 2.93. The fraction of sp³-hybridized carbons (Fsp3) is 0.125. The Balaban J connectivity index is 0.000000810. The van der Waals surface area contributed by atoms with E-state index in [-0.39, 0.29) is 24.0 Å². The summed E-state index contributed by atoms with van der Waals surface area (Å²) in [6.45, 7) is 5.69. The quantitative estimate of drug-likeness (QED) is 0.415. The Morgan fingerprint density at radius 3 is 2.70 bits per heavy atom. The Hall–Kier alpha value is -0.380. The number of aryl methyl sites for hydroxylation is 1. The third-order valence-electron chi connectivity index (χ3n) is 1.18. The lowest BCUT2D eigenvalue weighted by atomic mass is 10.3. The Labute approximate surface area is 78.4 Å². The highest BCUT2D eigenvalue weighted by molar-refractivity contribution is 5.05. The number of aromatic nitrogens is 1. The van der Waals surface area contributed by atoms with Gasteiger partial charge < -0.3 is 24.0 Å². The van der Waals surface area contributed by atoms with E-state index < -0.39 is 0 Å². The van der Waals surface area contributed by atoms with Gasteiger partial charge in [-0.1, -0.05) is 0 Å². The molecule has 0 unspecified atom stereocenters. The van der Waals surface area contributed by atoms with E-state index in [1.54, 1.807) is 6.20 Å². The molecule has 0 N–H and O–H groups in total. The van der Waals surface area contributed by atoms with Crippen LogP contribution in [0.5, 0.6) is 0 Å². The van der Waals surface area contributed by atoms with Crippen LogP contribution in [0.4, 0.5) is 0 Å². The van der Waals surface area contributed by atoms with Crippen molar-refractivity contribution in [2.75, 3.05) is 0 Å². The third-order valence-corrected chi connectivity index (χ3v) is 1.18. The molecule has 0 radical (unpaired) electrons. The molecule has 0 amide bonds. The number of rotatable bonds is 1. The molecule has 1 rings (SSSR count). The van der Waals surface area contributed by atoms with E-state index in [1.807, 2.05) is 23.0 Å². The zero-order valence-electron chi connectivity index (χ0n) is 5.92. The van der Waals surface area contributed by atoms with Crippen molar-refractivity contribution in [3.8, 4) is 0 Å². The molecule has 0 aliphatic carbocycles. The van der Waals surface area contributed by atoms with Crippen molar-refractivity contribution >= 4 is 6.20 Å². The van der Waals surface area contributed by atoms with Crippen LogP contribution in [-0.4, -0.2) is 0 Å². The molecule has 0 aliphatic rings. The number of hydrogen-bond donors (Lipinski definition) is 0. The van der Waals surface area contributed by atoms with Crippen LogP contribution in [0.25, 0.3) is 6.20 Å². The summed E-state index contributed by atoms with van der Waals surface area (Å²) in [6, 6.07) is 4.05. The predicted molar refractivity (Wildman–Crippen MR) is 37.8 cm³/mol. The molecule has 0 atom stereocenters. The van der Waals surface area contributed by atoms with Crippen LogP contribution in [0.2, 0.25) is 0 Å². The topological polar surface area (TPSA) is 3.88 Å². The van der Waals surface area contributed by atoms with Gasteiger partial charge in [0, 0.05) is 11.6 Å². The fourth-order valence-electron chi connectivity index (χ4n) is 0.729. The lowest BCUT2D eigenvalue weighted by Gasteiger charge is -1.86. The zero-order chi connectivity index (χ0) is 6.69. The second-order valence-electron chi connectivity index (χ2n) is 2.01. The van der Waals surface area contributed by atoms with Gasteiger partial charge in [-0.3, -0.25) is 0 Å². The molecule has 1 nitrogen and oxygen atoms in total. The highest BCUT2D eigenvalue weighted by Crippen LogP contribution is 1.88. The molecule has 1 aromatic heterocycles. The monoisotopic (exact) mass is 247 g/mol. The molecule has 2 heteroatoms. The van der Waals surface area contributed by atoms with Crippen molar-refractivity contribution in [3.05, 3.63) is 36.7 Å². The minimum atomic E-state index is 0. The van der Waals surface area contributed by atoms with E-state index in [9.17, 15) is 0 Å². The third kappa shape index (κ3) is 2.47. The van der Waals surface area contributed by atoms with Gasteiger partial charge in [0.2, 0.25) is 0 Å². The van der Waals surface area contributed by atoms with Crippen molar-refractivity contribution in [1.29, 1.82) is 0 Å². The average Bonchev–Trinajstić information content (AvgIpc) is 1.88. The van der Waals surface area contributed by atoms with E-state index in [4.69, 9.17) is 0 Å². The lowest BCUT2D eigenvalue weighted by Crippen LogP contribution is -3.00. The van der Waals surface area contributed by atoms with Gasteiger partial charge in [-0.25, -0.2) is 0 Å². The summed E-state index contributed by atoms with van der Waals surface area (Å²) in [5, 5.41) is 0. The molecule has 0 aromatic carbocycles. The SMILES string of the molecule is C=C[n+]1cccc(C)c1.[I-]. The van der Waals surface area contributed by atoms with Crippen LogP contribution in [0.1, 0.15) is 5.56 Å². The van der Waals surface area contributed by atoms with Crippen LogP contribution in [0.3, 0.4) is 0 Å². The van der Waals surface area contributed by atoms with E-state index in [2.05, 4.69) is 19.6 Å². The number of halogens is 1. The van der Waals surface area contributed by atoms with Crippen LogP contribution in [-0.2, 0) is 0 Å². The van der Waals surface area contributed by atoms with Gasteiger partial charge in [-0.05, 0) is 19.6 Å². The lowest BCUT2D eigenvalue weighted by molar-refractivity contribution is -0.568. The molecule has 0 bridgehead atoms. The summed E-state index contributed by atoms with van der Waals surface area (Å²) in [4.78, 5) is 0. The maximum atomic E-state index is 3.64. The number of hydrogen-bond acceptors (Lipinski definition) is 0. The van der Waals surface area contributed by atoms with Crippen molar-refractivity contribution in [2.45, 2.75) is 6.92 Å². The van der Waals surface area contributed by atoms with E-state index >= 15 is 0 Å². The molecule has 1 heterocycles. The van der Waals surface area contributed by atoms with Gasteiger partial charge in [0.25, 0.3) is 0 Å². The summed E-state index contributed by atoms with van der Waals surface area (Å²) in [7, 11) is 0. The van der Waals surface area contributed by atoms with Crippen LogP contribution in [0.15, 0.2) is 31.1 Å². The molecule has 0 saturated carbocycles. The van der Waals surface area contributed by atoms with Gasteiger partial charge in [0.15, 0.2) is 18.6 Å². The summed E-state index contributed by atoms with van der Waals surface area (Å²) in [6.07, 6.45) is 5.75. The second-order valence-corrected chi connectivity index (χ2v) is 2.01. The van der Waals surface area contributed by atoms with E-state index in [0.29, 0.717) is 0 Å². The first-order valence-electron chi connectivity index (χ1n) is 2.93. The smallest absolute Gasteiger partial charge is 0.177 e. The largest absolute Gasteiger partial charge is 1.00 e. The zero-order valence-corrected chi connectivity index (χ0v) is 8.08. The van der Waals surface area contributed by atoms with Crippen molar-refractivity contribution in [3.63, 3.8) is 0 Å². The van der Waals surface area contributed by atoms with Gasteiger partial charge in [-0.2, -0.15) is 4.57 Å². The Kier molecular flexibility index (Phi) is 4.27. The van der Waals surface area contributed by atoms with E-state index in [1.165, 1.54) is 5.56 Å². The fourth-order valence-corrected chi connectivity index (χ4v) is 0.729. The maximum absolute atomic E-state index is 3.64. The Morgan fingerprint density at radius 1 is 1.60 bits per heavy atom. The number of nitrogens with zero attached hydrogens (tertiary/aromatic N) is 1. The van der Waals surface area contributed by atoms with Crippen molar-refractivity contribution < 1.29 is 28.5 Å². The standard InChI is InChI=1S/C8H10N.HI/c1-3-9-6-4-5-8(2)7-9;/h3-7H,1H2,2H3;1H/q+1;/p-1. The highest BCUT2D eigenvalue weighted by atomic mass is 127. The first-order chi connectivity index (χ1) is 4.33. The van der Waals surface area contributed by atoms with Crippen molar-refractivity contribution in [1.82, 2.24) is 0 Å². The van der Waals surface area contributed by atoms with Crippen LogP contribution >= 0.6 is 0 Å². The highest BCUT2D eigenvalue weighted by Gasteiger charge is 1.90. The predicted octanol–water partition coefficient (Wildman–Crippen LogP) is -1.61. The Morgan fingerprint density at radius 2 is 2.30 bits per heavy atom. The summed E-state index contributed by atoms with van der Waals surface area (Å²) >= 11 is 0. The normalized spacial score (nSPS) is 8.10. The van der Waals surface area contributed by atoms with Crippen LogP contribution < -0.4 is 28.5 Å².